The monoisotopic (exact) mass is 195 g/mol. The average molecular weight is 195 g/mol. The van der Waals surface area contributed by atoms with E-state index in [2.05, 4.69) is 30.3 Å². The molecule has 0 aliphatic carbocycles. The zero-order valence-corrected chi connectivity index (χ0v) is 9.67. The second-order valence-corrected chi connectivity index (χ2v) is 4.73. The first-order valence-electron chi connectivity index (χ1n) is 5.15. The lowest BCUT2D eigenvalue weighted by Gasteiger charge is -2.22. The van der Waals surface area contributed by atoms with Crippen LogP contribution in [-0.2, 0) is 6.54 Å². The zero-order chi connectivity index (χ0) is 10.8. The van der Waals surface area contributed by atoms with Crippen LogP contribution in [0.1, 0.15) is 31.7 Å². The second kappa shape index (κ2) is 4.13. The van der Waals surface area contributed by atoms with Gasteiger partial charge in [-0.15, -0.1) is 0 Å². The largest absolute Gasteiger partial charge is 0.335 e. The third-order valence-corrected chi connectivity index (χ3v) is 2.93. The standard InChI is InChI=1S/C11H21N3/c1-9-10(2)14(8-13-9)6-5-11(3,4)7-12/h8H,5-7,12H2,1-4H3. The van der Waals surface area contributed by atoms with Gasteiger partial charge in [0, 0.05) is 12.2 Å². The van der Waals surface area contributed by atoms with Crippen LogP contribution in [0.3, 0.4) is 0 Å². The quantitative estimate of drug-likeness (QED) is 0.797. The molecule has 0 bridgehead atoms. The zero-order valence-electron chi connectivity index (χ0n) is 9.67. The molecule has 14 heavy (non-hydrogen) atoms. The molecule has 1 aromatic heterocycles. The molecule has 0 aromatic carbocycles. The molecule has 0 fully saturated rings. The first kappa shape index (κ1) is 11.2. The number of nitrogens with zero attached hydrogens (tertiary/aromatic N) is 2. The summed E-state index contributed by atoms with van der Waals surface area (Å²) in [6, 6.07) is 0. The lowest BCUT2D eigenvalue weighted by atomic mass is 9.90. The van der Waals surface area contributed by atoms with Gasteiger partial charge in [0.2, 0.25) is 0 Å². The van der Waals surface area contributed by atoms with Crippen LogP contribution in [0.25, 0.3) is 0 Å². The summed E-state index contributed by atoms with van der Waals surface area (Å²) in [5, 5.41) is 0. The molecule has 0 atom stereocenters. The fraction of sp³-hybridized carbons (Fsp3) is 0.727. The van der Waals surface area contributed by atoms with Gasteiger partial charge in [0.1, 0.15) is 0 Å². The molecule has 0 amide bonds. The summed E-state index contributed by atoms with van der Waals surface area (Å²) in [5.41, 5.74) is 8.30. The molecule has 0 spiro atoms. The van der Waals surface area contributed by atoms with Crippen LogP contribution in [0.5, 0.6) is 0 Å². The van der Waals surface area contributed by atoms with Gasteiger partial charge >= 0.3 is 0 Å². The predicted molar refractivity (Wildman–Crippen MR) is 59.2 cm³/mol. The van der Waals surface area contributed by atoms with E-state index in [0.717, 1.165) is 25.2 Å². The Labute approximate surface area is 86.3 Å². The maximum absolute atomic E-state index is 5.69. The number of aryl methyl sites for hydroxylation is 2. The summed E-state index contributed by atoms with van der Waals surface area (Å²) in [5.74, 6) is 0. The molecule has 1 aromatic rings. The molecular formula is C11H21N3. The van der Waals surface area contributed by atoms with E-state index >= 15 is 0 Å². The van der Waals surface area contributed by atoms with E-state index in [9.17, 15) is 0 Å². The smallest absolute Gasteiger partial charge is 0.0951 e. The molecule has 1 heterocycles. The third-order valence-electron chi connectivity index (χ3n) is 2.93. The molecule has 0 unspecified atom stereocenters. The molecule has 0 aliphatic heterocycles. The topological polar surface area (TPSA) is 43.8 Å². The minimum Gasteiger partial charge on any atom is -0.335 e. The minimum absolute atomic E-state index is 0.227. The van der Waals surface area contributed by atoms with Crippen LogP contribution in [0.2, 0.25) is 0 Å². The lowest BCUT2D eigenvalue weighted by Crippen LogP contribution is -2.25. The maximum Gasteiger partial charge on any atom is 0.0951 e. The third kappa shape index (κ3) is 2.58. The van der Waals surface area contributed by atoms with Crippen molar-refractivity contribution < 1.29 is 0 Å². The maximum atomic E-state index is 5.69. The SMILES string of the molecule is Cc1ncn(CCC(C)(C)CN)c1C. The summed E-state index contributed by atoms with van der Waals surface area (Å²) >= 11 is 0. The predicted octanol–water partition coefficient (Wildman–Crippen LogP) is 1.87. The Kier molecular flexibility index (Phi) is 3.32. The number of imidazole rings is 1. The molecule has 0 saturated carbocycles. The van der Waals surface area contributed by atoms with Crippen LogP contribution in [-0.4, -0.2) is 16.1 Å². The summed E-state index contributed by atoms with van der Waals surface area (Å²) in [7, 11) is 0. The summed E-state index contributed by atoms with van der Waals surface area (Å²) < 4.78 is 2.20. The first-order chi connectivity index (χ1) is 6.46. The Balaban J connectivity index is 2.58. The van der Waals surface area contributed by atoms with Crippen molar-refractivity contribution in [2.24, 2.45) is 11.1 Å². The van der Waals surface area contributed by atoms with Crippen LogP contribution >= 0.6 is 0 Å². The van der Waals surface area contributed by atoms with E-state index < -0.39 is 0 Å². The summed E-state index contributed by atoms with van der Waals surface area (Å²) in [6.07, 6.45) is 3.01. The highest BCUT2D eigenvalue weighted by atomic mass is 15.0. The summed E-state index contributed by atoms with van der Waals surface area (Å²) in [4.78, 5) is 4.27. The molecule has 3 heteroatoms. The Hall–Kier alpha value is -0.830. The summed E-state index contributed by atoms with van der Waals surface area (Å²) in [6.45, 7) is 10.3. The van der Waals surface area contributed by atoms with E-state index in [1.165, 1.54) is 5.69 Å². The van der Waals surface area contributed by atoms with Crippen molar-refractivity contribution in [2.75, 3.05) is 6.54 Å². The van der Waals surface area contributed by atoms with E-state index in [1.807, 2.05) is 13.3 Å². The van der Waals surface area contributed by atoms with Gasteiger partial charge < -0.3 is 10.3 Å². The van der Waals surface area contributed by atoms with Crippen molar-refractivity contribution >= 4 is 0 Å². The molecule has 0 aliphatic rings. The second-order valence-electron chi connectivity index (χ2n) is 4.73. The number of aromatic nitrogens is 2. The van der Waals surface area contributed by atoms with E-state index in [-0.39, 0.29) is 5.41 Å². The Morgan fingerprint density at radius 1 is 1.43 bits per heavy atom. The normalized spacial score (nSPS) is 12.1. The Morgan fingerprint density at radius 3 is 2.50 bits per heavy atom. The highest BCUT2D eigenvalue weighted by molar-refractivity contribution is 5.08. The van der Waals surface area contributed by atoms with Crippen molar-refractivity contribution in [1.82, 2.24) is 9.55 Å². The van der Waals surface area contributed by atoms with Crippen molar-refractivity contribution in [3.8, 4) is 0 Å². The lowest BCUT2D eigenvalue weighted by molar-refractivity contribution is 0.323. The Morgan fingerprint density at radius 2 is 2.07 bits per heavy atom. The first-order valence-corrected chi connectivity index (χ1v) is 5.15. The fourth-order valence-electron chi connectivity index (χ4n) is 1.29. The van der Waals surface area contributed by atoms with Crippen molar-refractivity contribution in [2.45, 2.75) is 40.7 Å². The van der Waals surface area contributed by atoms with Crippen LogP contribution in [0, 0.1) is 19.3 Å². The number of rotatable bonds is 4. The van der Waals surface area contributed by atoms with E-state index in [4.69, 9.17) is 5.73 Å². The highest BCUT2D eigenvalue weighted by Crippen LogP contribution is 2.19. The Bertz CT molecular complexity index is 299. The molecule has 1 rings (SSSR count). The number of hydrogen-bond donors (Lipinski definition) is 1. The molecule has 80 valence electrons. The van der Waals surface area contributed by atoms with Crippen LogP contribution in [0.15, 0.2) is 6.33 Å². The molecular weight excluding hydrogens is 174 g/mol. The number of hydrogen-bond acceptors (Lipinski definition) is 2. The average Bonchev–Trinajstić information content (AvgIpc) is 2.45. The number of nitrogens with two attached hydrogens (primary N) is 1. The van der Waals surface area contributed by atoms with E-state index in [0.29, 0.717) is 0 Å². The molecule has 0 radical (unpaired) electrons. The van der Waals surface area contributed by atoms with E-state index in [1.54, 1.807) is 0 Å². The van der Waals surface area contributed by atoms with Gasteiger partial charge in [0.05, 0.1) is 12.0 Å². The molecule has 0 saturated heterocycles. The van der Waals surface area contributed by atoms with Gasteiger partial charge in [0.15, 0.2) is 0 Å². The molecule has 3 nitrogen and oxygen atoms in total. The van der Waals surface area contributed by atoms with Gasteiger partial charge in [-0.2, -0.15) is 0 Å². The van der Waals surface area contributed by atoms with Gasteiger partial charge in [0.25, 0.3) is 0 Å². The highest BCUT2D eigenvalue weighted by Gasteiger charge is 2.15. The van der Waals surface area contributed by atoms with Crippen molar-refractivity contribution in [3.05, 3.63) is 17.7 Å². The fourth-order valence-corrected chi connectivity index (χ4v) is 1.29. The van der Waals surface area contributed by atoms with Gasteiger partial charge in [-0.1, -0.05) is 13.8 Å². The molecule has 2 N–H and O–H groups in total. The van der Waals surface area contributed by atoms with Gasteiger partial charge in [-0.25, -0.2) is 4.98 Å². The van der Waals surface area contributed by atoms with Crippen LogP contribution < -0.4 is 5.73 Å². The van der Waals surface area contributed by atoms with Crippen LogP contribution in [0.4, 0.5) is 0 Å². The van der Waals surface area contributed by atoms with Gasteiger partial charge in [-0.3, -0.25) is 0 Å². The van der Waals surface area contributed by atoms with Crippen molar-refractivity contribution in [1.29, 1.82) is 0 Å². The van der Waals surface area contributed by atoms with Crippen molar-refractivity contribution in [3.63, 3.8) is 0 Å². The van der Waals surface area contributed by atoms with Gasteiger partial charge in [-0.05, 0) is 32.2 Å². The minimum atomic E-state index is 0.227.